The zero-order valence-corrected chi connectivity index (χ0v) is 15.6. The predicted octanol–water partition coefficient (Wildman–Crippen LogP) is 1.67. The molecule has 1 fully saturated rings. The summed E-state index contributed by atoms with van der Waals surface area (Å²) in [6.45, 7) is 4.17. The van der Waals surface area contributed by atoms with Crippen molar-refractivity contribution in [3.63, 3.8) is 0 Å². The monoisotopic (exact) mass is 385 g/mol. The molecule has 1 heterocycles. The Bertz CT molecular complexity index is 774. The van der Waals surface area contributed by atoms with E-state index in [0.717, 1.165) is 25.3 Å². The number of carbonyl (C=O) groups excluding carboxylic acids is 1. The maximum absolute atomic E-state index is 12.5. The molecule has 1 aliphatic heterocycles. The fraction of sp³-hybridized carbons (Fsp3) is 0.562. The second kappa shape index (κ2) is 8.45. The predicted molar refractivity (Wildman–Crippen MR) is 94.5 cm³/mol. The molecule has 1 unspecified atom stereocenters. The molecular weight excluding hydrogens is 362 g/mol. The van der Waals surface area contributed by atoms with E-state index < -0.39 is 26.5 Å². The Morgan fingerprint density at radius 2 is 2.04 bits per heavy atom. The van der Waals surface area contributed by atoms with Crippen molar-refractivity contribution in [3.05, 3.63) is 28.3 Å². The van der Waals surface area contributed by atoms with E-state index in [9.17, 15) is 23.3 Å². The fourth-order valence-electron chi connectivity index (χ4n) is 2.56. The number of amides is 1. The minimum absolute atomic E-state index is 0.0333. The number of benzene rings is 1. The molecule has 1 aromatic rings. The molecule has 2 rings (SSSR count). The molecule has 0 saturated carbocycles. The molecule has 0 bridgehead atoms. The van der Waals surface area contributed by atoms with Gasteiger partial charge in [-0.15, -0.1) is 0 Å². The van der Waals surface area contributed by atoms with Gasteiger partial charge in [-0.05, 0) is 38.3 Å². The van der Waals surface area contributed by atoms with Crippen LogP contribution >= 0.6 is 0 Å². The zero-order chi connectivity index (χ0) is 19.3. The standard InChI is InChI=1S/C16H23N3O6S/c1-3-12(2)17-16(20)11-25-15-7-6-13(10-14(15)19(21)22)26(23,24)18-8-4-5-9-18/h6-7,10,12H,3-5,8-9,11H2,1-2H3,(H,17,20). The van der Waals surface area contributed by atoms with Gasteiger partial charge in [0.2, 0.25) is 10.0 Å². The summed E-state index contributed by atoms with van der Waals surface area (Å²) in [5, 5.41) is 14.0. The van der Waals surface area contributed by atoms with Crippen molar-refractivity contribution in [2.75, 3.05) is 19.7 Å². The van der Waals surface area contributed by atoms with Crippen molar-refractivity contribution < 1.29 is 22.9 Å². The van der Waals surface area contributed by atoms with Crippen molar-refractivity contribution in [3.8, 4) is 5.75 Å². The number of nitrogens with one attached hydrogen (secondary N) is 1. The number of carbonyl (C=O) groups is 1. The maximum Gasteiger partial charge on any atom is 0.312 e. The summed E-state index contributed by atoms with van der Waals surface area (Å²) in [4.78, 5) is 22.2. The van der Waals surface area contributed by atoms with Crippen LogP contribution in [-0.4, -0.2) is 49.3 Å². The average Bonchev–Trinajstić information content (AvgIpc) is 3.15. The Hall–Kier alpha value is -2.20. The van der Waals surface area contributed by atoms with Crippen LogP contribution in [0.4, 0.5) is 5.69 Å². The molecule has 1 saturated heterocycles. The number of ether oxygens (including phenoxy) is 1. The molecule has 1 amide bonds. The number of hydrogen-bond donors (Lipinski definition) is 1. The minimum Gasteiger partial charge on any atom is -0.477 e. The molecule has 1 aliphatic rings. The van der Waals surface area contributed by atoms with E-state index in [1.807, 2.05) is 13.8 Å². The van der Waals surface area contributed by atoms with Crippen LogP contribution in [0.1, 0.15) is 33.1 Å². The molecule has 0 aromatic heterocycles. The minimum atomic E-state index is -3.77. The van der Waals surface area contributed by atoms with E-state index in [0.29, 0.717) is 13.1 Å². The third kappa shape index (κ3) is 4.70. The first kappa shape index (κ1) is 20.1. The third-order valence-corrected chi connectivity index (χ3v) is 6.10. The van der Waals surface area contributed by atoms with Gasteiger partial charge in [0.25, 0.3) is 5.91 Å². The lowest BCUT2D eigenvalue weighted by Crippen LogP contribution is -2.35. The Labute approximate surface area is 152 Å². The molecule has 0 radical (unpaired) electrons. The molecule has 0 aliphatic carbocycles. The summed E-state index contributed by atoms with van der Waals surface area (Å²) in [5.41, 5.74) is -0.485. The summed E-state index contributed by atoms with van der Waals surface area (Å²) in [6.07, 6.45) is 2.29. The Morgan fingerprint density at radius 3 is 2.62 bits per heavy atom. The van der Waals surface area contributed by atoms with Crippen LogP contribution < -0.4 is 10.1 Å². The molecule has 1 N–H and O–H groups in total. The van der Waals surface area contributed by atoms with Crippen LogP contribution in [0.5, 0.6) is 5.75 Å². The Kier molecular flexibility index (Phi) is 6.54. The number of sulfonamides is 1. The highest BCUT2D eigenvalue weighted by Gasteiger charge is 2.30. The van der Waals surface area contributed by atoms with Gasteiger partial charge in [-0.25, -0.2) is 8.42 Å². The van der Waals surface area contributed by atoms with Gasteiger partial charge in [0.1, 0.15) is 0 Å². The van der Waals surface area contributed by atoms with E-state index in [4.69, 9.17) is 4.74 Å². The van der Waals surface area contributed by atoms with Gasteiger partial charge < -0.3 is 10.1 Å². The number of hydrogen-bond acceptors (Lipinski definition) is 6. The van der Waals surface area contributed by atoms with Gasteiger partial charge >= 0.3 is 5.69 Å². The van der Waals surface area contributed by atoms with Crippen molar-refractivity contribution in [1.29, 1.82) is 0 Å². The van der Waals surface area contributed by atoms with Gasteiger partial charge in [0.05, 0.1) is 9.82 Å². The van der Waals surface area contributed by atoms with E-state index in [1.165, 1.54) is 16.4 Å². The van der Waals surface area contributed by atoms with Crippen LogP contribution in [0, 0.1) is 10.1 Å². The van der Waals surface area contributed by atoms with Crippen LogP contribution in [0.25, 0.3) is 0 Å². The van der Waals surface area contributed by atoms with Crippen LogP contribution in [-0.2, 0) is 14.8 Å². The van der Waals surface area contributed by atoms with Crippen molar-refractivity contribution in [1.82, 2.24) is 9.62 Å². The second-order valence-corrected chi connectivity index (χ2v) is 8.10. The third-order valence-electron chi connectivity index (χ3n) is 4.21. The van der Waals surface area contributed by atoms with Crippen molar-refractivity contribution >= 4 is 21.6 Å². The average molecular weight is 385 g/mol. The highest BCUT2D eigenvalue weighted by Crippen LogP contribution is 2.31. The van der Waals surface area contributed by atoms with Gasteiger partial charge in [-0.3, -0.25) is 14.9 Å². The normalized spacial score (nSPS) is 16.2. The van der Waals surface area contributed by atoms with E-state index >= 15 is 0 Å². The first-order valence-corrected chi connectivity index (χ1v) is 9.90. The first-order chi connectivity index (χ1) is 12.3. The van der Waals surface area contributed by atoms with Gasteiger partial charge in [-0.2, -0.15) is 4.31 Å². The lowest BCUT2D eigenvalue weighted by atomic mass is 10.2. The second-order valence-electron chi connectivity index (χ2n) is 6.16. The number of nitrogens with zero attached hydrogens (tertiary/aromatic N) is 2. The summed E-state index contributed by atoms with van der Waals surface area (Å²) < 4.78 is 31.6. The number of rotatable bonds is 8. The topological polar surface area (TPSA) is 119 Å². The molecule has 1 aromatic carbocycles. The van der Waals surface area contributed by atoms with Gasteiger partial charge in [0.15, 0.2) is 12.4 Å². The number of nitro groups is 1. The Morgan fingerprint density at radius 1 is 1.38 bits per heavy atom. The maximum atomic E-state index is 12.5. The lowest BCUT2D eigenvalue weighted by molar-refractivity contribution is -0.386. The summed E-state index contributed by atoms with van der Waals surface area (Å²) in [6, 6.07) is 3.43. The van der Waals surface area contributed by atoms with Crippen molar-refractivity contribution in [2.24, 2.45) is 0 Å². The van der Waals surface area contributed by atoms with Crippen molar-refractivity contribution in [2.45, 2.75) is 44.0 Å². The smallest absolute Gasteiger partial charge is 0.312 e. The largest absolute Gasteiger partial charge is 0.477 e. The highest BCUT2D eigenvalue weighted by molar-refractivity contribution is 7.89. The molecule has 9 nitrogen and oxygen atoms in total. The zero-order valence-electron chi connectivity index (χ0n) is 14.8. The first-order valence-electron chi connectivity index (χ1n) is 8.46. The molecular formula is C16H23N3O6S. The molecule has 0 spiro atoms. The summed E-state index contributed by atoms with van der Waals surface area (Å²) in [7, 11) is -3.77. The SMILES string of the molecule is CCC(C)NC(=O)COc1ccc(S(=O)(=O)N2CCCC2)cc1[N+](=O)[O-]. The molecule has 1 atom stereocenters. The highest BCUT2D eigenvalue weighted by atomic mass is 32.2. The lowest BCUT2D eigenvalue weighted by Gasteiger charge is -2.16. The van der Waals surface area contributed by atoms with Crippen LogP contribution in [0.15, 0.2) is 23.1 Å². The summed E-state index contributed by atoms with van der Waals surface area (Å²) >= 11 is 0. The summed E-state index contributed by atoms with van der Waals surface area (Å²) in [5.74, 6) is -0.544. The molecule has 26 heavy (non-hydrogen) atoms. The van der Waals surface area contributed by atoms with E-state index in [-0.39, 0.29) is 23.3 Å². The fourth-order valence-corrected chi connectivity index (χ4v) is 4.10. The quantitative estimate of drug-likeness (QED) is 0.537. The molecule has 10 heteroatoms. The van der Waals surface area contributed by atoms with Gasteiger partial charge in [-0.1, -0.05) is 6.92 Å². The number of nitro benzene ring substituents is 1. The Balaban J connectivity index is 2.18. The van der Waals surface area contributed by atoms with Crippen LogP contribution in [0.3, 0.4) is 0 Å². The van der Waals surface area contributed by atoms with E-state index in [2.05, 4.69) is 5.32 Å². The van der Waals surface area contributed by atoms with Gasteiger partial charge in [0, 0.05) is 25.2 Å². The van der Waals surface area contributed by atoms with Crippen LogP contribution in [0.2, 0.25) is 0 Å². The molecule has 144 valence electrons. The van der Waals surface area contributed by atoms with E-state index in [1.54, 1.807) is 0 Å².